The lowest BCUT2D eigenvalue weighted by molar-refractivity contribution is -0.131. The first-order valence-electron chi connectivity index (χ1n) is 11.2. The molecule has 0 radical (unpaired) electrons. The maximum Gasteiger partial charge on any atom is 0.505 e. The molecule has 0 saturated heterocycles. The number of aliphatic hydroxyl groups excluding tert-OH is 1. The molecule has 1 aliphatic rings. The number of nitrogens with two attached hydrogens (primary N) is 1. The van der Waals surface area contributed by atoms with E-state index in [9.17, 15) is 24.2 Å². The van der Waals surface area contributed by atoms with E-state index in [-0.39, 0.29) is 48.2 Å². The van der Waals surface area contributed by atoms with Crippen molar-refractivity contribution in [3.05, 3.63) is 0 Å². The van der Waals surface area contributed by atoms with E-state index in [0.29, 0.717) is 6.42 Å². The molecule has 8 nitrogen and oxygen atoms in total. The van der Waals surface area contributed by atoms with Crippen molar-refractivity contribution >= 4 is 19.8 Å². The van der Waals surface area contributed by atoms with E-state index >= 15 is 0 Å². The van der Waals surface area contributed by atoms with E-state index in [1.807, 2.05) is 27.7 Å². The zero-order valence-corrected chi connectivity index (χ0v) is 19.7. The van der Waals surface area contributed by atoms with Crippen molar-refractivity contribution in [1.29, 1.82) is 0 Å². The van der Waals surface area contributed by atoms with Gasteiger partial charge in [0.15, 0.2) is 6.16 Å². The van der Waals surface area contributed by atoms with E-state index in [1.165, 1.54) is 0 Å². The number of nitrogens with one attached hydrogen (secondary N) is 2. The highest BCUT2D eigenvalue weighted by atomic mass is 31.1. The molecule has 0 aromatic rings. The van der Waals surface area contributed by atoms with Gasteiger partial charge in [-0.1, -0.05) is 47.0 Å². The minimum absolute atomic E-state index is 0.0141. The van der Waals surface area contributed by atoms with Crippen molar-refractivity contribution in [3.63, 3.8) is 0 Å². The summed E-state index contributed by atoms with van der Waals surface area (Å²) < 4.78 is 11.2. The van der Waals surface area contributed by atoms with Crippen molar-refractivity contribution in [2.75, 3.05) is 12.7 Å². The molecular weight excluding hydrogens is 405 g/mol. The van der Waals surface area contributed by atoms with E-state index in [0.717, 1.165) is 32.1 Å². The summed E-state index contributed by atoms with van der Waals surface area (Å²) in [6.07, 6.45) is 4.74. The highest BCUT2D eigenvalue weighted by molar-refractivity contribution is 7.38. The summed E-state index contributed by atoms with van der Waals surface area (Å²) in [5.41, 5.74) is 5.97. The van der Waals surface area contributed by atoms with Gasteiger partial charge < -0.3 is 21.5 Å². The van der Waals surface area contributed by atoms with Gasteiger partial charge in [0.2, 0.25) is 11.8 Å². The van der Waals surface area contributed by atoms with Gasteiger partial charge in [0.25, 0.3) is 0 Å². The Kier molecular flexibility index (Phi) is 12.0. The lowest BCUT2D eigenvalue weighted by atomic mass is 9.77. The maximum absolute atomic E-state index is 12.6. The second-order valence-corrected chi connectivity index (χ2v) is 10.2. The van der Waals surface area contributed by atoms with Gasteiger partial charge in [0, 0.05) is 12.5 Å². The number of hydrogen-bond acceptors (Lipinski definition) is 5. The molecule has 0 bridgehead atoms. The topological polar surface area (TPSA) is 142 Å². The number of hydrogen-bond donors (Lipinski definition) is 5. The fraction of sp³-hybridized carbons (Fsp3) is 0.905. The third-order valence-corrected chi connectivity index (χ3v) is 7.13. The first kappa shape index (κ1) is 27.0. The summed E-state index contributed by atoms with van der Waals surface area (Å²) in [7, 11) is -2.18. The summed E-state index contributed by atoms with van der Waals surface area (Å²) >= 11 is 0. The molecule has 1 saturated carbocycles. The van der Waals surface area contributed by atoms with Crippen LogP contribution in [0.4, 0.5) is 0 Å². The van der Waals surface area contributed by atoms with Crippen LogP contribution in [0.2, 0.25) is 0 Å². The van der Waals surface area contributed by atoms with Gasteiger partial charge in [-0.2, -0.15) is 4.89 Å². The average molecular weight is 447 g/mol. The van der Waals surface area contributed by atoms with Crippen LogP contribution in [0.3, 0.4) is 0 Å². The molecule has 6 N–H and O–H groups in total. The van der Waals surface area contributed by atoms with E-state index in [2.05, 4.69) is 10.6 Å². The molecule has 4 unspecified atom stereocenters. The largest absolute Gasteiger partial charge is 0.505 e. The zero-order chi connectivity index (χ0) is 22.8. The molecule has 0 heterocycles. The molecule has 2 amide bonds. The van der Waals surface area contributed by atoms with Crippen molar-refractivity contribution < 1.29 is 24.2 Å². The predicted octanol–water partition coefficient (Wildman–Crippen LogP) is 1.91. The van der Waals surface area contributed by atoms with Crippen molar-refractivity contribution in [2.24, 2.45) is 29.4 Å². The maximum atomic E-state index is 12.6. The monoisotopic (exact) mass is 446 g/mol. The molecule has 30 heavy (non-hydrogen) atoms. The summed E-state index contributed by atoms with van der Waals surface area (Å²) in [5.74, 6) is -0.471. The van der Waals surface area contributed by atoms with Crippen LogP contribution in [0.25, 0.3) is 0 Å². The summed E-state index contributed by atoms with van der Waals surface area (Å²) in [6.45, 7) is 7.64. The molecule has 1 fully saturated rings. The van der Waals surface area contributed by atoms with Crippen LogP contribution in [0, 0.1) is 23.7 Å². The van der Waals surface area contributed by atoms with E-state index < -0.39 is 26.2 Å². The zero-order valence-electron chi connectivity index (χ0n) is 18.8. The van der Waals surface area contributed by atoms with Gasteiger partial charge in [0.05, 0.1) is 12.1 Å². The molecular formula is C21H41N3O5P+. The standard InChI is InChI=1S/C21H40N3O5P/c1-5-14(4)18(22)20(26)24-19(13(2)3)21(27)23-11-17(25)10-15-8-6-7-9-16(15)12-30(28)29/h13-19,25H,5-12,22H2,1-4H3,(H2-,23,24,26,27,28,29)/p+1/t14?,15?,16?,17-,18+,19+/m1/s1. The van der Waals surface area contributed by atoms with Crippen molar-refractivity contribution in [3.8, 4) is 0 Å². The smallest absolute Gasteiger partial charge is 0.391 e. The number of aliphatic hydroxyl groups is 1. The molecule has 0 aliphatic heterocycles. The normalized spacial score (nSPS) is 23.9. The second-order valence-electron chi connectivity index (χ2n) is 9.12. The number of carbonyl (C=O) groups excluding carboxylic acids is 2. The lowest BCUT2D eigenvalue weighted by Crippen LogP contribution is -2.55. The Hall–Kier alpha value is -1.08. The Morgan fingerprint density at radius 3 is 2.27 bits per heavy atom. The minimum Gasteiger partial charge on any atom is -0.391 e. The van der Waals surface area contributed by atoms with Gasteiger partial charge >= 0.3 is 8.03 Å². The summed E-state index contributed by atoms with van der Waals surface area (Å²) in [6, 6.07) is -1.39. The molecule has 0 spiro atoms. The third kappa shape index (κ3) is 8.96. The van der Waals surface area contributed by atoms with Crippen LogP contribution in [-0.4, -0.2) is 52.7 Å². The lowest BCUT2D eigenvalue weighted by Gasteiger charge is -2.30. The Morgan fingerprint density at radius 1 is 1.13 bits per heavy atom. The van der Waals surface area contributed by atoms with Crippen LogP contribution in [0.1, 0.15) is 66.2 Å². The Bertz CT molecular complexity index is 575. The fourth-order valence-electron chi connectivity index (χ4n) is 4.09. The van der Waals surface area contributed by atoms with Crippen molar-refractivity contribution in [1.82, 2.24) is 10.6 Å². The molecule has 7 atom stereocenters. The van der Waals surface area contributed by atoms with Crippen LogP contribution < -0.4 is 16.4 Å². The molecule has 0 aromatic heterocycles. The third-order valence-electron chi connectivity index (χ3n) is 6.35. The second kappa shape index (κ2) is 13.4. The van der Waals surface area contributed by atoms with Gasteiger partial charge in [-0.25, -0.2) is 0 Å². The highest BCUT2D eigenvalue weighted by Gasteiger charge is 2.33. The molecule has 9 heteroatoms. The first-order chi connectivity index (χ1) is 14.1. The number of amides is 2. The first-order valence-corrected chi connectivity index (χ1v) is 12.6. The summed E-state index contributed by atoms with van der Waals surface area (Å²) in [4.78, 5) is 34.3. The van der Waals surface area contributed by atoms with E-state index in [1.54, 1.807) is 0 Å². The van der Waals surface area contributed by atoms with Crippen LogP contribution in [-0.2, 0) is 14.2 Å². The minimum atomic E-state index is -2.18. The average Bonchev–Trinajstić information content (AvgIpc) is 2.69. The molecule has 174 valence electrons. The Balaban J connectivity index is 2.57. The summed E-state index contributed by atoms with van der Waals surface area (Å²) in [5, 5.41) is 15.9. The van der Waals surface area contributed by atoms with Gasteiger partial charge in [0.1, 0.15) is 6.04 Å². The molecule has 1 aliphatic carbocycles. The van der Waals surface area contributed by atoms with E-state index in [4.69, 9.17) is 5.73 Å². The van der Waals surface area contributed by atoms with Crippen LogP contribution in [0.15, 0.2) is 0 Å². The van der Waals surface area contributed by atoms with Crippen molar-refractivity contribution in [2.45, 2.75) is 84.4 Å². The Morgan fingerprint density at radius 2 is 1.73 bits per heavy atom. The number of carbonyl (C=O) groups is 2. The van der Waals surface area contributed by atoms with Crippen LogP contribution in [0.5, 0.6) is 0 Å². The Labute approximate surface area is 181 Å². The van der Waals surface area contributed by atoms with Gasteiger partial charge in [-0.3, -0.25) is 9.59 Å². The SMILES string of the molecule is CCC(C)[C@H](N)C(=O)N[C@H](C(=O)NC[C@H](O)CC1CCCCC1C[P+](=O)O)C(C)C. The van der Waals surface area contributed by atoms with Gasteiger partial charge in [-0.15, -0.1) is 0 Å². The highest BCUT2D eigenvalue weighted by Crippen LogP contribution is 2.37. The quantitative estimate of drug-likeness (QED) is 0.290. The molecule has 1 rings (SSSR count). The van der Waals surface area contributed by atoms with Crippen LogP contribution >= 0.6 is 8.03 Å². The predicted molar refractivity (Wildman–Crippen MR) is 118 cm³/mol. The van der Waals surface area contributed by atoms with Gasteiger partial charge in [-0.05, 0) is 41.6 Å². The fourth-order valence-corrected chi connectivity index (χ4v) is 4.98. The molecule has 0 aromatic carbocycles. The number of rotatable bonds is 12.